The van der Waals surface area contributed by atoms with Crippen LogP contribution in [-0.4, -0.2) is 23.7 Å². The van der Waals surface area contributed by atoms with Crippen LogP contribution < -0.4 is 26.4 Å². The molecule has 0 N–H and O–H groups in total. The number of aromatic nitrogens is 2. The number of alkyl halides is 24. The van der Waals surface area contributed by atoms with Crippen LogP contribution in [0.2, 0.25) is 0 Å². The normalized spacial score (nSPS) is 13.3. The zero-order valence-electron chi connectivity index (χ0n) is 36.8. The van der Waals surface area contributed by atoms with Gasteiger partial charge in [0.2, 0.25) is 0 Å². The molecule has 0 aliphatic heterocycles. The molecule has 0 aliphatic rings. The Morgan fingerprint density at radius 2 is 0.707 bits per heavy atom. The second-order valence-corrected chi connectivity index (χ2v) is 16.0. The first-order chi connectivity index (χ1) is 34.1. The number of halogens is 24. The van der Waals surface area contributed by atoms with Gasteiger partial charge in [0.1, 0.15) is 12.3 Å². The van der Waals surface area contributed by atoms with Gasteiger partial charge >= 0.3 is 61.1 Å². The number of benzene rings is 5. The molecule has 6 rings (SSSR count). The fourth-order valence-corrected chi connectivity index (χ4v) is 7.75. The highest BCUT2D eigenvalue weighted by Gasteiger charge is 2.47. The van der Waals surface area contributed by atoms with Crippen LogP contribution in [0.4, 0.5) is 105 Å². The lowest BCUT2D eigenvalue weighted by Crippen LogP contribution is -2.75. The monoisotopic (exact) mass is 1110 g/mol. The molecule has 0 amide bonds. The fraction of sp³-hybridized carbons (Fsp3) is 0.239. The SMILES string of the molecule is CCOC(=O)c1cncc[n+]1Cc1ccccc1.FC(F)(F)c1cc([B-](c2cc(C(F)(F)F)cc(C(F)(F)F)c2)(c2cc(C(F)(F)F)cc(C(F)(F)F)c2)c2cc(C(F)(F)F)cc(C(F)(F)F)c2)cc(C(F)(F)F)c1. The first-order valence-electron chi connectivity index (χ1n) is 20.5. The minimum absolute atomic E-state index is 0.346. The number of nitrogens with zero attached hydrogens (tertiary/aromatic N) is 2. The average molecular weight is 1110 g/mol. The zero-order chi connectivity index (χ0) is 56.7. The minimum atomic E-state index is -6.13. The summed E-state index contributed by atoms with van der Waals surface area (Å²) < 4.78 is 348. The van der Waals surface area contributed by atoms with Crippen molar-refractivity contribution >= 4 is 34.0 Å². The molecular formula is C46H27BF24N2O2. The van der Waals surface area contributed by atoms with E-state index < -0.39 is 195 Å². The van der Waals surface area contributed by atoms with E-state index in [1.54, 1.807) is 19.3 Å². The molecule has 1 aromatic heterocycles. The van der Waals surface area contributed by atoms with Gasteiger partial charge in [-0.05, 0) is 31.2 Å². The summed E-state index contributed by atoms with van der Waals surface area (Å²) >= 11 is 0. The lowest BCUT2D eigenvalue weighted by molar-refractivity contribution is -0.691. The molecule has 0 bridgehead atoms. The number of hydrogen-bond donors (Lipinski definition) is 0. The van der Waals surface area contributed by atoms with E-state index in [0.717, 1.165) is 5.56 Å². The predicted octanol–water partition coefficient (Wildman–Crippen LogP) is 12.8. The van der Waals surface area contributed by atoms with Crippen molar-refractivity contribution in [3.05, 3.63) is 177 Å². The summed E-state index contributed by atoms with van der Waals surface area (Å²) in [6, 6.07) is 1.13. The summed E-state index contributed by atoms with van der Waals surface area (Å²) in [5.41, 5.74) is -28.6. The van der Waals surface area contributed by atoms with Crippen molar-refractivity contribution < 1.29 is 119 Å². The van der Waals surface area contributed by atoms with Crippen molar-refractivity contribution in [2.75, 3.05) is 6.61 Å². The molecule has 29 heteroatoms. The van der Waals surface area contributed by atoms with Crippen molar-refractivity contribution in [2.45, 2.75) is 62.9 Å². The van der Waals surface area contributed by atoms with Gasteiger partial charge in [0.25, 0.3) is 0 Å². The van der Waals surface area contributed by atoms with E-state index in [1.807, 2.05) is 34.9 Å². The molecule has 0 aliphatic carbocycles. The highest BCUT2D eigenvalue weighted by molar-refractivity contribution is 7.20. The smallest absolute Gasteiger partial charge is 0.416 e. The largest absolute Gasteiger partial charge is 0.458 e. The van der Waals surface area contributed by atoms with E-state index in [2.05, 4.69) is 4.98 Å². The number of hydrogen-bond acceptors (Lipinski definition) is 3. The first kappa shape index (κ1) is 58.9. The summed E-state index contributed by atoms with van der Waals surface area (Å²) in [5, 5.41) is 0. The number of carbonyl (C=O) groups excluding carboxylic acids is 1. The van der Waals surface area contributed by atoms with E-state index in [0.29, 0.717) is 18.8 Å². The van der Waals surface area contributed by atoms with Gasteiger partial charge in [-0.25, -0.2) is 4.79 Å². The van der Waals surface area contributed by atoms with Crippen LogP contribution in [0.15, 0.2) is 122 Å². The Morgan fingerprint density at radius 1 is 0.440 bits per heavy atom. The molecule has 75 heavy (non-hydrogen) atoms. The molecule has 404 valence electrons. The summed E-state index contributed by atoms with van der Waals surface area (Å²) in [5.74, 6) is -0.346. The van der Waals surface area contributed by atoms with Gasteiger partial charge in [-0.15, -0.1) is 0 Å². The number of rotatable bonds is 8. The van der Waals surface area contributed by atoms with E-state index in [1.165, 1.54) is 6.20 Å². The highest BCUT2D eigenvalue weighted by Crippen LogP contribution is 2.41. The van der Waals surface area contributed by atoms with Crippen molar-refractivity contribution in [2.24, 2.45) is 0 Å². The van der Waals surface area contributed by atoms with Gasteiger partial charge < -0.3 is 4.74 Å². The molecule has 0 spiro atoms. The van der Waals surface area contributed by atoms with Crippen molar-refractivity contribution in [3.8, 4) is 0 Å². The van der Waals surface area contributed by atoms with Gasteiger partial charge in [-0.2, -0.15) is 132 Å². The average Bonchev–Trinajstić information content (AvgIpc) is 3.27. The van der Waals surface area contributed by atoms with Gasteiger partial charge in [0.15, 0.2) is 12.7 Å². The second-order valence-electron chi connectivity index (χ2n) is 16.0. The van der Waals surface area contributed by atoms with Gasteiger partial charge in [-0.3, -0.25) is 4.98 Å². The Kier molecular flexibility index (Phi) is 16.2. The lowest BCUT2D eigenvalue weighted by atomic mass is 9.12. The third kappa shape index (κ3) is 13.9. The Hall–Kier alpha value is -6.97. The Morgan fingerprint density at radius 3 is 0.947 bits per heavy atom. The molecule has 0 fully saturated rings. The van der Waals surface area contributed by atoms with Gasteiger partial charge in [0, 0.05) is 5.56 Å². The molecule has 0 radical (unpaired) electrons. The van der Waals surface area contributed by atoms with Gasteiger partial charge in [-0.1, -0.05) is 78.9 Å². The Labute approximate surface area is 405 Å². The Balaban J connectivity index is 0.000000483. The van der Waals surface area contributed by atoms with Crippen molar-refractivity contribution in [1.29, 1.82) is 0 Å². The third-order valence-electron chi connectivity index (χ3n) is 11.0. The first-order valence-corrected chi connectivity index (χ1v) is 20.5. The molecule has 0 saturated heterocycles. The van der Waals surface area contributed by atoms with Crippen LogP contribution in [0.5, 0.6) is 0 Å². The molecule has 6 aromatic rings. The maximum Gasteiger partial charge on any atom is 0.416 e. The number of carbonyl (C=O) groups is 1. The molecule has 5 aromatic carbocycles. The number of ether oxygens (including phenoxy) is 1. The van der Waals surface area contributed by atoms with Crippen LogP contribution in [0, 0.1) is 0 Å². The molecule has 0 unspecified atom stereocenters. The summed E-state index contributed by atoms with van der Waals surface area (Å²) in [7, 11) is 0. The van der Waals surface area contributed by atoms with Crippen LogP contribution in [0.1, 0.15) is 67.5 Å². The number of esters is 1. The van der Waals surface area contributed by atoms with Crippen LogP contribution >= 0.6 is 0 Å². The molecule has 0 atom stereocenters. The Bertz CT molecular complexity index is 2570. The summed E-state index contributed by atoms with van der Waals surface area (Å²) in [6.45, 7) is 2.77. The summed E-state index contributed by atoms with van der Waals surface area (Å²) in [6.07, 6.45) is -49.8. The van der Waals surface area contributed by atoms with Crippen molar-refractivity contribution in [3.63, 3.8) is 0 Å². The topological polar surface area (TPSA) is 43.1 Å². The van der Waals surface area contributed by atoms with E-state index in [-0.39, 0.29) is 5.97 Å². The van der Waals surface area contributed by atoms with Crippen LogP contribution in [0.3, 0.4) is 0 Å². The quantitative estimate of drug-likeness (QED) is 0.0660. The van der Waals surface area contributed by atoms with E-state index in [4.69, 9.17) is 4.74 Å². The maximum absolute atomic E-state index is 14.2. The lowest BCUT2D eigenvalue weighted by Gasteiger charge is -2.46. The molecule has 4 nitrogen and oxygen atoms in total. The third-order valence-corrected chi connectivity index (χ3v) is 11.0. The van der Waals surface area contributed by atoms with E-state index >= 15 is 0 Å². The second kappa shape index (κ2) is 20.6. The molecule has 1 heterocycles. The van der Waals surface area contributed by atoms with Gasteiger partial charge in [0.05, 0.1) is 57.3 Å². The van der Waals surface area contributed by atoms with Crippen LogP contribution in [-0.2, 0) is 60.7 Å². The fourth-order valence-electron chi connectivity index (χ4n) is 7.75. The molecule has 0 saturated carbocycles. The van der Waals surface area contributed by atoms with Crippen molar-refractivity contribution in [1.82, 2.24) is 4.98 Å². The zero-order valence-corrected chi connectivity index (χ0v) is 36.8. The summed E-state index contributed by atoms with van der Waals surface area (Å²) in [4.78, 5) is 15.7. The van der Waals surface area contributed by atoms with Crippen LogP contribution in [0.25, 0.3) is 0 Å². The molecular weight excluding hydrogens is 1080 g/mol. The maximum atomic E-state index is 14.2. The predicted molar refractivity (Wildman–Crippen MR) is 216 cm³/mol. The van der Waals surface area contributed by atoms with E-state index in [9.17, 15) is 110 Å². The minimum Gasteiger partial charge on any atom is -0.458 e. The standard InChI is InChI=1S/C32H12BF24.C14H15N2O2/c34-25(35,36)13-1-14(26(37,38)39)6-21(5-13)33(22-7-15(27(40,41)42)2-16(8-22)28(43,44)45,23-9-17(29(46,47)48)3-18(10-23)30(49,50)51)24-11-19(31(52,53)54)4-20(12-24)32(55,56)57;1-2-18-14(17)13-10-15-8-9-16(13)11-12-6-4-3-5-7-12/h1-12H;3-10H,2,11H2,1H3/q-1;+1. The highest BCUT2D eigenvalue weighted by atomic mass is 19.4.